The number of aromatic nitrogens is 2. The zero-order valence-electron chi connectivity index (χ0n) is 20.4. The summed E-state index contributed by atoms with van der Waals surface area (Å²) in [4.78, 5) is 35.1. The molecule has 2 fully saturated rings. The SMILES string of the molecule is COC(/C=C(\C1NCCN1Cc1ccc(Cl)nc1)[N+](=O)[O-])/C(=C1\NCCN1Cc1ccc(Cl)nc1)[N+](=O)[O-]. The molecule has 0 saturated carbocycles. The highest BCUT2D eigenvalue weighted by Crippen LogP contribution is 2.25. The number of nitrogens with zero attached hydrogens (tertiary/aromatic N) is 6. The fraction of sp³-hybridized carbons (Fsp3) is 0.391. The van der Waals surface area contributed by atoms with Gasteiger partial charge in [0.2, 0.25) is 0 Å². The highest BCUT2D eigenvalue weighted by molar-refractivity contribution is 6.29. The van der Waals surface area contributed by atoms with Crippen molar-refractivity contribution in [3.05, 3.63) is 102 Å². The minimum Gasteiger partial charge on any atom is -0.366 e. The van der Waals surface area contributed by atoms with Gasteiger partial charge in [-0.2, -0.15) is 0 Å². The Kier molecular flexibility index (Phi) is 9.07. The van der Waals surface area contributed by atoms with Gasteiger partial charge in [0.1, 0.15) is 10.3 Å². The maximum atomic E-state index is 12.3. The second-order valence-corrected chi connectivity index (χ2v) is 9.42. The Labute approximate surface area is 228 Å². The molecule has 2 N–H and O–H groups in total. The monoisotopic (exact) mass is 564 g/mol. The van der Waals surface area contributed by atoms with E-state index >= 15 is 0 Å². The predicted molar refractivity (Wildman–Crippen MR) is 139 cm³/mol. The summed E-state index contributed by atoms with van der Waals surface area (Å²) in [5.74, 6) is 0.235. The quantitative estimate of drug-likeness (QED) is 0.248. The predicted octanol–water partition coefficient (Wildman–Crippen LogP) is 2.24. The number of halogens is 2. The fourth-order valence-corrected chi connectivity index (χ4v) is 4.68. The van der Waals surface area contributed by atoms with E-state index < -0.39 is 22.1 Å². The van der Waals surface area contributed by atoms with E-state index in [0.717, 1.165) is 11.1 Å². The standard InChI is InChI=1S/C23H26Cl2N8O5/c1-38-18(21(33(36)37)23-27-7-9-31(23)14-16-3-5-20(25)29-12-16)10-17(32(34)35)22-26-6-8-30(22)13-15-2-4-19(24)28-11-15/h2-5,10-12,18,22,26-27H,6-9,13-14H2,1H3/b17-10+,23-21-. The van der Waals surface area contributed by atoms with Gasteiger partial charge in [0.15, 0.2) is 18.1 Å². The lowest BCUT2D eigenvalue weighted by Gasteiger charge is -2.23. The topological polar surface area (TPSA) is 152 Å². The summed E-state index contributed by atoms with van der Waals surface area (Å²) in [7, 11) is 1.28. The highest BCUT2D eigenvalue weighted by Gasteiger charge is 2.39. The number of nitrogens with one attached hydrogen (secondary N) is 2. The van der Waals surface area contributed by atoms with E-state index in [-0.39, 0.29) is 17.2 Å². The van der Waals surface area contributed by atoms with Crippen LogP contribution in [0.3, 0.4) is 0 Å². The van der Waals surface area contributed by atoms with Crippen LogP contribution in [0.1, 0.15) is 11.1 Å². The molecule has 0 aromatic carbocycles. The van der Waals surface area contributed by atoms with Crippen molar-refractivity contribution in [3.8, 4) is 0 Å². The Bertz CT molecular complexity index is 1230. The number of hydrogen-bond acceptors (Lipinski definition) is 11. The lowest BCUT2D eigenvalue weighted by Crippen LogP contribution is -2.40. The van der Waals surface area contributed by atoms with E-state index in [1.165, 1.54) is 13.2 Å². The highest BCUT2D eigenvalue weighted by atomic mass is 35.5. The molecule has 2 aliphatic rings. The Morgan fingerprint density at radius 1 is 1.08 bits per heavy atom. The van der Waals surface area contributed by atoms with Gasteiger partial charge in [-0.25, -0.2) is 9.97 Å². The fourth-order valence-electron chi connectivity index (χ4n) is 4.45. The van der Waals surface area contributed by atoms with Gasteiger partial charge in [0.05, 0.1) is 9.85 Å². The molecule has 2 aliphatic heterocycles. The molecule has 2 atom stereocenters. The number of hydrogen-bond donors (Lipinski definition) is 2. The van der Waals surface area contributed by atoms with Gasteiger partial charge >= 0.3 is 5.70 Å². The third-order valence-electron chi connectivity index (χ3n) is 6.20. The van der Waals surface area contributed by atoms with Crippen LogP contribution in [0, 0.1) is 20.2 Å². The summed E-state index contributed by atoms with van der Waals surface area (Å²) in [6.07, 6.45) is 2.32. The minimum atomic E-state index is -1.29. The molecular formula is C23H26Cl2N8O5. The number of rotatable bonds is 10. The molecule has 0 bridgehead atoms. The van der Waals surface area contributed by atoms with Gasteiger partial charge in [-0.05, 0) is 23.3 Å². The van der Waals surface area contributed by atoms with E-state index in [4.69, 9.17) is 27.9 Å². The molecule has 2 unspecified atom stereocenters. The van der Waals surface area contributed by atoms with Crippen molar-refractivity contribution in [1.29, 1.82) is 0 Å². The molecule has 4 rings (SSSR count). The van der Waals surface area contributed by atoms with Gasteiger partial charge < -0.3 is 15.0 Å². The Hall–Kier alpha value is -3.36. The summed E-state index contributed by atoms with van der Waals surface area (Å²) in [6, 6.07) is 6.87. The van der Waals surface area contributed by atoms with Crippen molar-refractivity contribution in [1.82, 2.24) is 30.4 Å². The van der Waals surface area contributed by atoms with Gasteiger partial charge in [0.25, 0.3) is 5.70 Å². The molecule has 202 valence electrons. The zero-order chi connectivity index (χ0) is 27.2. The average molecular weight is 565 g/mol. The molecule has 0 radical (unpaired) electrons. The maximum Gasteiger partial charge on any atom is 0.318 e. The second kappa shape index (κ2) is 12.5. The van der Waals surface area contributed by atoms with Crippen molar-refractivity contribution in [2.45, 2.75) is 25.4 Å². The van der Waals surface area contributed by atoms with Crippen LogP contribution in [-0.2, 0) is 17.8 Å². The molecule has 38 heavy (non-hydrogen) atoms. The van der Waals surface area contributed by atoms with E-state index in [1.807, 2.05) is 4.90 Å². The number of nitro groups is 2. The first kappa shape index (κ1) is 27.7. The normalized spacial score (nSPS) is 20.3. The summed E-state index contributed by atoms with van der Waals surface area (Å²) >= 11 is 11.7. The van der Waals surface area contributed by atoms with Gasteiger partial charge in [-0.1, -0.05) is 35.3 Å². The molecule has 2 aromatic rings. The first-order chi connectivity index (χ1) is 18.3. The first-order valence-corrected chi connectivity index (χ1v) is 12.5. The van der Waals surface area contributed by atoms with Crippen molar-refractivity contribution in [2.24, 2.45) is 0 Å². The van der Waals surface area contributed by atoms with Gasteiger partial charge in [0, 0.05) is 64.8 Å². The summed E-state index contributed by atoms with van der Waals surface area (Å²) in [5, 5.41) is 31.3. The van der Waals surface area contributed by atoms with Gasteiger partial charge in [-0.15, -0.1) is 0 Å². The molecule has 2 aromatic heterocycles. The lowest BCUT2D eigenvalue weighted by atomic mass is 10.1. The van der Waals surface area contributed by atoms with E-state index in [1.54, 1.807) is 41.6 Å². The summed E-state index contributed by atoms with van der Waals surface area (Å²) in [5.41, 5.74) is 1.06. The second-order valence-electron chi connectivity index (χ2n) is 8.65. The van der Waals surface area contributed by atoms with Crippen LogP contribution in [0.25, 0.3) is 0 Å². The number of methoxy groups -OCH3 is 1. The number of pyridine rings is 2. The largest absolute Gasteiger partial charge is 0.366 e. The van der Waals surface area contributed by atoms with Crippen LogP contribution in [0.4, 0.5) is 0 Å². The first-order valence-electron chi connectivity index (χ1n) is 11.7. The van der Waals surface area contributed by atoms with Crippen molar-refractivity contribution in [2.75, 3.05) is 33.3 Å². The van der Waals surface area contributed by atoms with Gasteiger partial charge in [-0.3, -0.25) is 30.4 Å². The van der Waals surface area contributed by atoms with Crippen LogP contribution < -0.4 is 10.6 Å². The molecular weight excluding hydrogens is 539 g/mol. The minimum absolute atomic E-state index is 0.235. The summed E-state index contributed by atoms with van der Waals surface area (Å²) in [6.45, 7) is 2.69. The lowest BCUT2D eigenvalue weighted by molar-refractivity contribution is -0.442. The maximum absolute atomic E-state index is 12.3. The third kappa shape index (κ3) is 6.55. The molecule has 0 spiro atoms. The van der Waals surface area contributed by atoms with Crippen LogP contribution in [0.2, 0.25) is 10.3 Å². The van der Waals surface area contributed by atoms with Crippen LogP contribution >= 0.6 is 23.2 Å². The molecule has 13 nitrogen and oxygen atoms in total. The van der Waals surface area contributed by atoms with E-state index in [2.05, 4.69) is 20.6 Å². The van der Waals surface area contributed by atoms with Crippen LogP contribution in [0.15, 0.2) is 60.0 Å². The van der Waals surface area contributed by atoms with Crippen molar-refractivity contribution >= 4 is 23.2 Å². The Morgan fingerprint density at radius 2 is 1.74 bits per heavy atom. The molecule has 0 aliphatic carbocycles. The van der Waals surface area contributed by atoms with Crippen LogP contribution in [0.5, 0.6) is 0 Å². The zero-order valence-corrected chi connectivity index (χ0v) is 21.9. The van der Waals surface area contributed by atoms with Crippen molar-refractivity contribution in [3.63, 3.8) is 0 Å². The smallest absolute Gasteiger partial charge is 0.318 e. The van der Waals surface area contributed by atoms with Crippen molar-refractivity contribution < 1.29 is 14.6 Å². The molecule has 15 heteroatoms. The Morgan fingerprint density at radius 3 is 2.29 bits per heavy atom. The number of ether oxygens (including phenoxy) is 1. The molecule has 0 amide bonds. The molecule has 4 heterocycles. The third-order valence-corrected chi connectivity index (χ3v) is 6.65. The van der Waals surface area contributed by atoms with Crippen LogP contribution in [-0.4, -0.2) is 75.2 Å². The molecule has 2 saturated heterocycles. The van der Waals surface area contributed by atoms with E-state index in [0.29, 0.717) is 49.6 Å². The Balaban J connectivity index is 1.64. The van der Waals surface area contributed by atoms with E-state index in [9.17, 15) is 20.2 Å². The average Bonchev–Trinajstić information content (AvgIpc) is 3.53. The summed E-state index contributed by atoms with van der Waals surface area (Å²) < 4.78 is 5.46.